The highest BCUT2D eigenvalue weighted by molar-refractivity contribution is 7.63. The van der Waals surface area contributed by atoms with E-state index in [1.807, 2.05) is 0 Å². The van der Waals surface area contributed by atoms with E-state index >= 15 is 0 Å². The molecule has 0 aromatic heterocycles. The molecule has 1 heterocycles. The van der Waals surface area contributed by atoms with Crippen LogP contribution in [0.1, 0.15) is 13.3 Å². The van der Waals surface area contributed by atoms with E-state index in [2.05, 4.69) is 6.92 Å². The lowest BCUT2D eigenvalue weighted by Gasteiger charge is -2.11. The lowest BCUT2D eigenvalue weighted by atomic mass is 8.87. The maximum atomic E-state index is 5.77. The average Bonchev–Trinajstić information content (AvgIpc) is 2.12. The lowest BCUT2D eigenvalue weighted by molar-refractivity contribution is 0.890. The van der Waals surface area contributed by atoms with Gasteiger partial charge in [-0.15, -0.1) is 0 Å². The highest BCUT2D eigenvalue weighted by atomic mass is 13.9. The number of hydrogen-bond donors (Lipinski definition) is 0. The van der Waals surface area contributed by atoms with Crippen LogP contribution in [0.25, 0.3) is 0 Å². The fourth-order valence-electron chi connectivity index (χ4n) is 1.59. The summed E-state index contributed by atoms with van der Waals surface area (Å²) >= 11 is 0. The summed E-state index contributed by atoms with van der Waals surface area (Å²) in [4.78, 5) is 0. The number of rotatable bonds is 1. The Morgan fingerprint density at radius 3 is 2.56 bits per heavy atom. The zero-order chi connectivity index (χ0) is 6.85. The van der Waals surface area contributed by atoms with E-state index in [0.717, 1.165) is 6.32 Å². The summed E-state index contributed by atoms with van der Waals surface area (Å²) in [7, 11) is 12.9. The van der Waals surface area contributed by atoms with E-state index in [1.165, 1.54) is 6.42 Å². The second kappa shape index (κ2) is 2.94. The molecule has 1 rings (SSSR count). The van der Waals surface area contributed by atoms with Gasteiger partial charge >= 0.3 is 0 Å². The Kier molecular flexibility index (Phi) is 2.43. The van der Waals surface area contributed by atoms with Gasteiger partial charge in [0, 0.05) is 22.5 Å². The molecule has 0 N–H and O–H groups in total. The predicted molar refractivity (Wildman–Crippen MR) is 47.6 cm³/mol. The van der Waals surface area contributed by atoms with Gasteiger partial charge in [0.25, 0.3) is 0 Å². The van der Waals surface area contributed by atoms with Crippen molar-refractivity contribution in [2.75, 3.05) is 0 Å². The van der Waals surface area contributed by atoms with E-state index in [4.69, 9.17) is 15.5 Å². The van der Waals surface area contributed by atoms with E-state index in [0.29, 0.717) is 18.8 Å². The van der Waals surface area contributed by atoms with Crippen molar-refractivity contribution in [3.05, 3.63) is 0 Å². The van der Waals surface area contributed by atoms with Crippen LogP contribution < -0.4 is 0 Å². The van der Waals surface area contributed by atoms with Crippen LogP contribution in [0.5, 0.6) is 0 Å². The van der Waals surface area contributed by atoms with Crippen molar-refractivity contribution in [3.63, 3.8) is 0 Å². The highest BCUT2D eigenvalue weighted by Gasteiger charge is 2.31. The van der Waals surface area contributed by atoms with E-state index in [9.17, 15) is 0 Å². The van der Waals surface area contributed by atoms with Gasteiger partial charge < -0.3 is 0 Å². The Morgan fingerprint density at radius 2 is 2.33 bits per heavy atom. The maximum absolute atomic E-state index is 5.77. The molecule has 1 unspecified atom stereocenters. The molecule has 0 nitrogen and oxygen atoms in total. The van der Waals surface area contributed by atoms with Gasteiger partial charge in [-0.3, -0.25) is 0 Å². The normalized spacial score (nSPS) is 27.0. The molecule has 1 atom stereocenters. The summed E-state index contributed by atoms with van der Waals surface area (Å²) in [6.07, 6.45) is 2.37. The van der Waals surface area contributed by atoms with Crippen molar-refractivity contribution in [2.24, 2.45) is 0 Å². The van der Waals surface area contributed by atoms with Gasteiger partial charge in [-0.1, -0.05) is 25.5 Å². The van der Waals surface area contributed by atoms with E-state index < -0.39 is 0 Å². The van der Waals surface area contributed by atoms with E-state index in [-0.39, 0.29) is 0 Å². The third kappa shape index (κ3) is 1.42. The predicted octanol–water partition coefficient (Wildman–Crippen LogP) is -0.202. The molecule has 5 heteroatoms. The summed E-state index contributed by atoms with van der Waals surface area (Å²) in [5.74, 6) is 0.699. The first-order chi connectivity index (χ1) is 4.25. The molecule has 0 aromatic rings. The molecule has 1 fully saturated rings. The van der Waals surface area contributed by atoms with Crippen LogP contribution in [0.2, 0.25) is 12.1 Å². The summed E-state index contributed by atoms with van der Waals surface area (Å²) in [6.45, 7) is 3.00. The van der Waals surface area contributed by atoms with Gasteiger partial charge in [-0.05, 0) is 0 Å². The van der Waals surface area contributed by atoms with Gasteiger partial charge in [-0.25, -0.2) is 0 Å². The minimum atomic E-state index is 0.324. The Bertz CT molecular complexity index is 85.0. The first-order valence-corrected chi connectivity index (χ1v) is 3.56. The molecular weight excluding hydrogens is 102 g/mol. The quantitative estimate of drug-likeness (QED) is 0.410. The summed E-state index contributed by atoms with van der Waals surface area (Å²) < 4.78 is 0. The van der Waals surface area contributed by atoms with Crippen LogP contribution in [-0.2, 0) is 0 Å². The Hall–Kier alpha value is 0.325. The molecular formula is C4H8B5. The molecule has 0 bridgehead atoms. The van der Waals surface area contributed by atoms with Gasteiger partial charge in [0.15, 0.2) is 0 Å². The smallest absolute Gasteiger partial charge is 0.0579 e. The monoisotopic (exact) mass is 111 g/mol. The standard InChI is InChI=1S/C4H8B5/c1-4-2-3-8(6)9(4)7-5/h4H,2-3H2,1H3. The van der Waals surface area contributed by atoms with Crippen LogP contribution in [-0.4, -0.2) is 35.5 Å². The van der Waals surface area contributed by atoms with Gasteiger partial charge in [0.1, 0.15) is 0 Å². The largest absolute Gasteiger partial charge is 0.0899 e. The minimum absolute atomic E-state index is 0.324. The first-order valence-electron chi connectivity index (χ1n) is 3.56. The van der Waals surface area contributed by atoms with Gasteiger partial charge in [0.05, 0.1) is 13.0 Å². The summed E-state index contributed by atoms with van der Waals surface area (Å²) in [5, 5.41) is 0. The van der Waals surface area contributed by atoms with Gasteiger partial charge in [-0.2, -0.15) is 0 Å². The Labute approximate surface area is 61.7 Å². The van der Waals surface area contributed by atoms with Gasteiger partial charge in [0.2, 0.25) is 0 Å². The van der Waals surface area contributed by atoms with Crippen LogP contribution in [0, 0.1) is 0 Å². The lowest BCUT2D eigenvalue weighted by Crippen LogP contribution is -2.39. The highest BCUT2D eigenvalue weighted by Crippen LogP contribution is 2.26. The molecule has 0 aliphatic carbocycles. The molecule has 39 valence electrons. The minimum Gasteiger partial charge on any atom is -0.0899 e. The second-order valence-electron chi connectivity index (χ2n) is 2.99. The molecule has 0 aromatic carbocycles. The third-order valence-corrected chi connectivity index (χ3v) is 2.33. The van der Waals surface area contributed by atoms with Crippen LogP contribution >= 0.6 is 0 Å². The van der Waals surface area contributed by atoms with Crippen molar-refractivity contribution < 1.29 is 0 Å². The molecule has 0 spiro atoms. The van der Waals surface area contributed by atoms with E-state index in [1.54, 1.807) is 7.06 Å². The Morgan fingerprint density at radius 1 is 1.67 bits per heavy atom. The van der Waals surface area contributed by atoms with Crippen molar-refractivity contribution in [1.29, 1.82) is 0 Å². The van der Waals surface area contributed by atoms with Crippen molar-refractivity contribution >= 4 is 35.5 Å². The average molecular weight is 110 g/mol. The fraction of sp³-hybridized carbons (Fsp3) is 1.00. The zero-order valence-corrected chi connectivity index (χ0v) is 5.88. The number of hydrogen-bond acceptors (Lipinski definition) is 0. The van der Waals surface area contributed by atoms with Crippen molar-refractivity contribution in [2.45, 2.75) is 25.5 Å². The van der Waals surface area contributed by atoms with Crippen LogP contribution in [0.3, 0.4) is 0 Å². The molecule has 1 aliphatic rings. The van der Waals surface area contributed by atoms with Crippen LogP contribution in [0.4, 0.5) is 0 Å². The molecule has 1 saturated heterocycles. The molecule has 1 aliphatic heterocycles. The molecule has 0 saturated carbocycles. The van der Waals surface area contributed by atoms with Crippen LogP contribution in [0.15, 0.2) is 0 Å². The maximum Gasteiger partial charge on any atom is 0.0579 e. The second-order valence-corrected chi connectivity index (χ2v) is 2.99. The topological polar surface area (TPSA) is 0 Å². The zero-order valence-electron chi connectivity index (χ0n) is 5.88. The Balaban J connectivity index is 2.44. The summed E-state index contributed by atoms with van der Waals surface area (Å²) in [6, 6.07) is 0. The first kappa shape index (κ1) is 7.43. The molecule has 5 radical (unpaired) electrons. The van der Waals surface area contributed by atoms with Crippen molar-refractivity contribution in [1.82, 2.24) is 0 Å². The third-order valence-electron chi connectivity index (χ3n) is 2.33. The summed E-state index contributed by atoms with van der Waals surface area (Å²) in [5.41, 5.74) is 0. The van der Waals surface area contributed by atoms with Crippen molar-refractivity contribution in [3.8, 4) is 0 Å². The SMILES string of the molecule is [B][B]B1B([B])CCC1C. The molecule has 9 heavy (non-hydrogen) atoms. The fourth-order valence-corrected chi connectivity index (χ4v) is 1.59. The molecule has 0 amide bonds.